The quantitative estimate of drug-likeness (QED) is 0.522. The summed E-state index contributed by atoms with van der Waals surface area (Å²) in [5.74, 6) is -0.585. The molecule has 0 unspecified atom stereocenters. The van der Waals surface area contributed by atoms with Crippen LogP contribution in [0.15, 0.2) is 18.2 Å². The summed E-state index contributed by atoms with van der Waals surface area (Å²) in [5, 5.41) is 0. The van der Waals surface area contributed by atoms with Crippen LogP contribution in [-0.4, -0.2) is 18.5 Å². The van der Waals surface area contributed by atoms with E-state index >= 15 is 0 Å². The van der Waals surface area contributed by atoms with Gasteiger partial charge in [-0.1, -0.05) is 12.1 Å². The molecule has 0 saturated carbocycles. The summed E-state index contributed by atoms with van der Waals surface area (Å²) in [6, 6.07) is 3.13. The molecule has 0 fully saturated rings. The minimum atomic E-state index is -5.14. The number of halogens is 3. The molecule has 0 spiro atoms. The van der Waals surface area contributed by atoms with Gasteiger partial charge in [0.25, 0.3) is 0 Å². The molecule has 0 aliphatic carbocycles. The molecule has 0 aliphatic rings. The van der Waals surface area contributed by atoms with Gasteiger partial charge in [-0.3, -0.25) is 4.79 Å². The second-order valence-corrected chi connectivity index (χ2v) is 5.35. The number of nitrogen functional groups attached to an aromatic ring is 1. The van der Waals surface area contributed by atoms with Crippen molar-refractivity contribution >= 4 is 24.1 Å². The molecule has 0 atom stereocenters. The summed E-state index contributed by atoms with van der Waals surface area (Å²) in [4.78, 5) is 11.6. The van der Waals surface area contributed by atoms with Gasteiger partial charge in [0.15, 0.2) is 0 Å². The van der Waals surface area contributed by atoms with Crippen molar-refractivity contribution in [1.29, 1.82) is 0 Å². The summed E-state index contributed by atoms with van der Waals surface area (Å²) >= 11 is 0. The maximum Gasteiger partial charge on any atom is 0.509 e. The smallest absolute Gasteiger partial charge is 0.460 e. The molecule has 106 valence electrons. The van der Waals surface area contributed by atoms with Gasteiger partial charge in [0.2, 0.25) is 0 Å². The van der Waals surface area contributed by atoms with E-state index in [0.29, 0.717) is 0 Å². The zero-order chi connectivity index (χ0) is 14.8. The average molecular weight is 274 g/mol. The average Bonchev–Trinajstić information content (AvgIpc) is 2.11. The lowest BCUT2D eigenvalue weighted by Gasteiger charge is -2.20. The van der Waals surface area contributed by atoms with Crippen molar-refractivity contribution in [3.63, 3.8) is 0 Å². The molecule has 0 heterocycles. The Morgan fingerprint density at radius 3 is 2.32 bits per heavy atom. The van der Waals surface area contributed by atoms with Crippen molar-refractivity contribution in [1.82, 2.24) is 0 Å². The van der Waals surface area contributed by atoms with E-state index < -0.39 is 24.0 Å². The number of nitrogens with two attached hydrogens (primary N) is 1. The molecule has 0 aliphatic heterocycles. The number of rotatable bonds is 3. The van der Waals surface area contributed by atoms with Crippen molar-refractivity contribution in [2.75, 3.05) is 5.73 Å². The Bertz CT molecular complexity index is 481. The highest BCUT2D eigenvalue weighted by Crippen LogP contribution is 2.15. The normalized spacial score (nSPS) is 12.3. The van der Waals surface area contributed by atoms with Gasteiger partial charge in [-0.15, -0.1) is 5.46 Å². The lowest BCUT2D eigenvalue weighted by Crippen LogP contribution is -2.34. The first-order valence-corrected chi connectivity index (χ1v) is 5.78. The Hall–Kier alpha value is -1.66. The fraction of sp³-hybridized carbons (Fsp3) is 0.417. The van der Waals surface area contributed by atoms with Gasteiger partial charge in [-0.2, -0.15) is 0 Å². The number of benzene rings is 1. The number of esters is 1. The Morgan fingerprint density at radius 2 is 1.84 bits per heavy atom. The highest BCUT2D eigenvalue weighted by atomic mass is 19.4. The van der Waals surface area contributed by atoms with Crippen LogP contribution in [-0.2, 0) is 16.0 Å². The Balaban J connectivity index is 2.91. The zero-order valence-electron chi connectivity index (χ0n) is 11.0. The van der Waals surface area contributed by atoms with Gasteiger partial charge in [-0.25, -0.2) is 0 Å². The first-order valence-electron chi connectivity index (χ1n) is 5.78. The number of anilines is 1. The standard InChI is InChI=1S/C12H16BF3NO2/c1-12(2,3)19-11(18)6-8-4-9(13(14,15)16)7-10(17)5-8/h4-5,7H,6,17H2,1-3H3/q-1. The van der Waals surface area contributed by atoms with Gasteiger partial charge in [0, 0.05) is 5.69 Å². The van der Waals surface area contributed by atoms with Crippen molar-refractivity contribution in [3.8, 4) is 0 Å². The molecular weight excluding hydrogens is 258 g/mol. The molecule has 0 radical (unpaired) electrons. The Labute approximate surface area is 110 Å². The van der Waals surface area contributed by atoms with Gasteiger partial charge in [0.05, 0.1) is 6.42 Å². The third kappa shape index (κ3) is 5.24. The van der Waals surface area contributed by atoms with E-state index in [2.05, 4.69) is 0 Å². The topological polar surface area (TPSA) is 52.3 Å². The van der Waals surface area contributed by atoms with Crippen molar-refractivity contribution in [2.45, 2.75) is 32.8 Å². The van der Waals surface area contributed by atoms with Crippen LogP contribution < -0.4 is 11.2 Å². The lowest BCUT2D eigenvalue weighted by atomic mass is 9.79. The number of ether oxygens (including phenoxy) is 1. The first kappa shape index (κ1) is 15.4. The van der Waals surface area contributed by atoms with E-state index in [9.17, 15) is 17.7 Å². The van der Waals surface area contributed by atoms with Crippen LogP contribution in [0.25, 0.3) is 0 Å². The number of hydrogen-bond donors (Lipinski definition) is 1. The molecule has 3 nitrogen and oxygen atoms in total. The lowest BCUT2D eigenvalue weighted by molar-refractivity contribution is -0.153. The molecule has 1 rings (SSSR count). The molecule has 0 saturated heterocycles. The zero-order valence-corrected chi connectivity index (χ0v) is 11.0. The van der Waals surface area contributed by atoms with E-state index in [0.717, 1.165) is 12.1 Å². The Kier molecular flexibility index (Phi) is 4.17. The minimum Gasteiger partial charge on any atom is -0.460 e. The Morgan fingerprint density at radius 1 is 1.26 bits per heavy atom. The molecular formula is C12H16BF3NO2-. The second-order valence-electron chi connectivity index (χ2n) is 5.35. The predicted octanol–water partition coefficient (Wildman–Crippen LogP) is 2.21. The maximum atomic E-state index is 12.6. The van der Waals surface area contributed by atoms with Crippen LogP contribution in [0.1, 0.15) is 26.3 Å². The van der Waals surface area contributed by atoms with Crippen LogP contribution in [0, 0.1) is 0 Å². The third-order valence-corrected chi connectivity index (χ3v) is 2.18. The largest absolute Gasteiger partial charge is 0.509 e. The van der Waals surface area contributed by atoms with Crippen LogP contribution in [0.5, 0.6) is 0 Å². The molecule has 19 heavy (non-hydrogen) atoms. The van der Waals surface area contributed by atoms with Crippen molar-refractivity contribution in [2.24, 2.45) is 0 Å². The van der Waals surface area contributed by atoms with Gasteiger partial charge < -0.3 is 23.4 Å². The predicted molar refractivity (Wildman–Crippen MR) is 69.1 cm³/mol. The summed E-state index contributed by atoms with van der Waals surface area (Å²) in [7, 11) is 0. The van der Waals surface area contributed by atoms with Crippen molar-refractivity contribution in [3.05, 3.63) is 23.8 Å². The summed E-state index contributed by atoms with van der Waals surface area (Å²) in [6.45, 7) is -0.0682. The second kappa shape index (κ2) is 5.15. The fourth-order valence-electron chi connectivity index (χ4n) is 1.58. The van der Waals surface area contributed by atoms with E-state index in [-0.39, 0.29) is 17.7 Å². The molecule has 0 bridgehead atoms. The number of hydrogen-bond acceptors (Lipinski definition) is 3. The highest BCUT2D eigenvalue weighted by Gasteiger charge is 2.26. The molecule has 7 heteroatoms. The fourth-order valence-corrected chi connectivity index (χ4v) is 1.58. The summed E-state index contributed by atoms with van der Waals surface area (Å²) < 4.78 is 43.0. The molecule has 0 aromatic heterocycles. The van der Waals surface area contributed by atoms with Gasteiger partial charge >= 0.3 is 12.9 Å². The van der Waals surface area contributed by atoms with Crippen LogP contribution in [0.4, 0.5) is 18.6 Å². The van der Waals surface area contributed by atoms with Crippen molar-refractivity contribution < 1.29 is 22.5 Å². The van der Waals surface area contributed by atoms with E-state index in [1.165, 1.54) is 6.07 Å². The van der Waals surface area contributed by atoms with E-state index in [4.69, 9.17) is 10.5 Å². The van der Waals surface area contributed by atoms with E-state index in [1.807, 2.05) is 0 Å². The summed E-state index contributed by atoms with van der Waals surface area (Å²) in [6.07, 6.45) is -0.235. The van der Waals surface area contributed by atoms with E-state index in [1.54, 1.807) is 20.8 Å². The monoisotopic (exact) mass is 274 g/mol. The molecule has 2 N–H and O–H groups in total. The van der Waals surface area contributed by atoms with Crippen LogP contribution in [0.3, 0.4) is 0 Å². The van der Waals surface area contributed by atoms with Crippen LogP contribution >= 0.6 is 0 Å². The third-order valence-electron chi connectivity index (χ3n) is 2.18. The maximum absolute atomic E-state index is 12.6. The van der Waals surface area contributed by atoms with Gasteiger partial charge in [0.1, 0.15) is 5.60 Å². The molecule has 1 aromatic carbocycles. The molecule has 0 amide bonds. The number of carbonyl (C=O) groups excluding carboxylic acids is 1. The molecule has 1 aromatic rings. The minimum absolute atomic E-state index is 0.0183. The first-order chi connectivity index (χ1) is 8.47. The summed E-state index contributed by atoms with van der Waals surface area (Å²) in [5.41, 5.74) is 4.12. The number of carbonyl (C=O) groups is 1. The SMILES string of the molecule is CC(C)(C)OC(=O)Cc1cc(N)cc([B-](F)(F)F)c1. The highest BCUT2D eigenvalue weighted by molar-refractivity contribution is 6.73. The van der Waals surface area contributed by atoms with Gasteiger partial charge in [-0.05, 0) is 32.4 Å². The van der Waals surface area contributed by atoms with Crippen LogP contribution in [0.2, 0.25) is 0 Å².